The van der Waals surface area contributed by atoms with Crippen LogP contribution in [0.1, 0.15) is 0 Å². The van der Waals surface area contributed by atoms with Gasteiger partial charge < -0.3 is 21.5 Å². The number of aliphatic hydroxyl groups is 1. The van der Waals surface area contributed by atoms with Crippen LogP contribution in [0.4, 0.5) is 11.4 Å². The Labute approximate surface area is 105 Å². The second-order valence-corrected chi connectivity index (χ2v) is 3.42. The molecule has 0 aliphatic heterocycles. The summed E-state index contributed by atoms with van der Waals surface area (Å²) in [4.78, 5) is 11.7. The zero-order valence-electron chi connectivity index (χ0n) is 9.68. The minimum Gasteiger partial charge on any atom is -0.399 e. The highest BCUT2D eigenvalue weighted by Crippen LogP contribution is 2.11. The van der Waals surface area contributed by atoms with E-state index in [2.05, 4.69) is 10.6 Å². The maximum atomic E-state index is 11.7. The van der Waals surface area contributed by atoms with Gasteiger partial charge in [0.25, 0.3) is 5.91 Å². The lowest BCUT2D eigenvalue weighted by molar-refractivity contribution is -0.112. The molecule has 0 fully saturated rings. The Hall–Kier alpha value is -2.52. The van der Waals surface area contributed by atoms with Crippen LogP contribution in [-0.4, -0.2) is 24.2 Å². The van der Waals surface area contributed by atoms with Crippen molar-refractivity contribution in [2.24, 2.45) is 0 Å². The van der Waals surface area contributed by atoms with E-state index in [-0.39, 0.29) is 18.7 Å². The van der Waals surface area contributed by atoms with Gasteiger partial charge in [-0.05, 0) is 24.3 Å². The SMILES string of the molecule is N#C/C(=C/NCCO)C(=O)Nc1ccc(N)cc1. The molecule has 0 aliphatic carbocycles. The van der Waals surface area contributed by atoms with Crippen molar-refractivity contribution in [2.45, 2.75) is 0 Å². The molecule has 1 aromatic carbocycles. The summed E-state index contributed by atoms with van der Waals surface area (Å²) < 4.78 is 0. The van der Waals surface area contributed by atoms with Crippen molar-refractivity contribution in [1.82, 2.24) is 5.32 Å². The number of aliphatic hydroxyl groups excluding tert-OH is 1. The lowest BCUT2D eigenvalue weighted by Gasteiger charge is -2.04. The number of nitrogen functional groups attached to an aromatic ring is 1. The molecule has 0 saturated heterocycles. The number of nitriles is 1. The quantitative estimate of drug-likeness (QED) is 0.256. The third-order valence-electron chi connectivity index (χ3n) is 2.04. The Morgan fingerprint density at radius 1 is 1.44 bits per heavy atom. The van der Waals surface area contributed by atoms with Crippen LogP contribution >= 0.6 is 0 Å². The minimum atomic E-state index is -0.521. The molecular formula is C12H14N4O2. The van der Waals surface area contributed by atoms with Crippen LogP contribution in [0.15, 0.2) is 36.0 Å². The largest absolute Gasteiger partial charge is 0.399 e. The average Bonchev–Trinajstić information content (AvgIpc) is 2.37. The maximum Gasteiger partial charge on any atom is 0.267 e. The molecule has 0 atom stereocenters. The highest BCUT2D eigenvalue weighted by Gasteiger charge is 2.08. The van der Waals surface area contributed by atoms with Crippen molar-refractivity contribution in [1.29, 1.82) is 5.26 Å². The fraction of sp³-hybridized carbons (Fsp3) is 0.167. The number of carbonyl (C=O) groups excluding carboxylic acids is 1. The van der Waals surface area contributed by atoms with Gasteiger partial charge in [0.2, 0.25) is 0 Å². The predicted octanol–water partition coefficient (Wildman–Crippen LogP) is 0.197. The highest BCUT2D eigenvalue weighted by molar-refractivity contribution is 6.06. The number of anilines is 2. The van der Waals surface area contributed by atoms with E-state index in [9.17, 15) is 4.79 Å². The van der Waals surface area contributed by atoms with E-state index >= 15 is 0 Å². The van der Waals surface area contributed by atoms with Crippen molar-refractivity contribution < 1.29 is 9.90 Å². The monoisotopic (exact) mass is 246 g/mol. The lowest BCUT2D eigenvalue weighted by atomic mass is 10.2. The van der Waals surface area contributed by atoms with Gasteiger partial charge >= 0.3 is 0 Å². The number of carbonyl (C=O) groups is 1. The molecule has 6 heteroatoms. The van der Waals surface area contributed by atoms with Crippen molar-refractivity contribution in [3.05, 3.63) is 36.0 Å². The van der Waals surface area contributed by atoms with Crippen molar-refractivity contribution in [3.8, 4) is 6.07 Å². The van der Waals surface area contributed by atoms with Crippen LogP contribution < -0.4 is 16.4 Å². The maximum absolute atomic E-state index is 11.7. The first kappa shape index (κ1) is 13.5. The topological polar surface area (TPSA) is 111 Å². The van der Waals surface area contributed by atoms with Gasteiger partial charge in [-0.3, -0.25) is 4.79 Å². The third kappa shape index (κ3) is 4.15. The molecule has 18 heavy (non-hydrogen) atoms. The molecular weight excluding hydrogens is 232 g/mol. The first-order valence-corrected chi connectivity index (χ1v) is 5.28. The van der Waals surface area contributed by atoms with Gasteiger partial charge in [-0.2, -0.15) is 5.26 Å². The number of benzene rings is 1. The van der Waals surface area contributed by atoms with Gasteiger partial charge in [0, 0.05) is 24.1 Å². The first-order valence-electron chi connectivity index (χ1n) is 5.28. The number of nitrogens with zero attached hydrogens (tertiary/aromatic N) is 1. The lowest BCUT2D eigenvalue weighted by Crippen LogP contribution is -2.18. The van der Waals surface area contributed by atoms with E-state index in [1.165, 1.54) is 6.20 Å². The predicted molar refractivity (Wildman–Crippen MR) is 68.3 cm³/mol. The molecule has 5 N–H and O–H groups in total. The van der Waals surface area contributed by atoms with Crippen molar-refractivity contribution in [3.63, 3.8) is 0 Å². The van der Waals surface area contributed by atoms with E-state index in [0.717, 1.165) is 0 Å². The molecule has 0 radical (unpaired) electrons. The summed E-state index contributed by atoms with van der Waals surface area (Å²) >= 11 is 0. The van der Waals surface area contributed by atoms with Gasteiger partial charge in [0.15, 0.2) is 0 Å². The fourth-order valence-electron chi connectivity index (χ4n) is 1.15. The summed E-state index contributed by atoms with van der Waals surface area (Å²) in [6, 6.07) is 8.35. The molecule has 0 unspecified atom stereocenters. The van der Waals surface area contributed by atoms with Gasteiger partial charge in [0.05, 0.1) is 6.61 Å². The molecule has 1 aromatic rings. The van der Waals surface area contributed by atoms with E-state index in [1.54, 1.807) is 30.3 Å². The van der Waals surface area contributed by atoms with Crippen LogP contribution in [0.2, 0.25) is 0 Å². The summed E-state index contributed by atoms with van der Waals surface area (Å²) in [6.07, 6.45) is 1.27. The molecule has 6 nitrogen and oxygen atoms in total. The number of hydrogen-bond acceptors (Lipinski definition) is 5. The summed E-state index contributed by atoms with van der Waals surface area (Å²) in [5, 5.41) is 22.6. The Kier molecular flexibility index (Phi) is 5.22. The first-order chi connectivity index (χ1) is 8.67. The molecule has 1 amide bonds. The summed E-state index contributed by atoms with van der Waals surface area (Å²) in [7, 11) is 0. The van der Waals surface area contributed by atoms with Crippen LogP contribution in [-0.2, 0) is 4.79 Å². The van der Waals surface area contributed by atoms with Crippen molar-refractivity contribution in [2.75, 3.05) is 24.2 Å². The minimum absolute atomic E-state index is 0.0692. The Bertz CT molecular complexity index is 474. The highest BCUT2D eigenvalue weighted by atomic mass is 16.3. The van der Waals surface area contributed by atoms with Gasteiger partial charge in [-0.15, -0.1) is 0 Å². The van der Waals surface area contributed by atoms with E-state index < -0.39 is 5.91 Å². The molecule has 0 aromatic heterocycles. The van der Waals surface area contributed by atoms with Crippen LogP contribution in [0.5, 0.6) is 0 Å². The second-order valence-electron chi connectivity index (χ2n) is 3.42. The molecule has 0 bridgehead atoms. The number of nitrogens with two attached hydrogens (primary N) is 1. The summed E-state index contributed by atoms with van der Waals surface area (Å²) in [6.45, 7) is 0.203. The van der Waals surface area contributed by atoms with Crippen LogP contribution in [0, 0.1) is 11.3 Å². The normalized spacial score (nSPS) is 10.6. The van der Waals surface area contributed by atoms with Gasteiger partial charge in [-0.25, -0.2) is 0 Å². The second kappa shape index (κ2) is 6.93. The summed E-state index contributed by atoms with van der Waals surface area (Å²) in [5.41, 5.74) is 6.59. The molecule has 0 heterocycles. The van der Waals surface area contributed by atoms with E-state index in [0.29, 0.717) is 11.4 Å². The molecule has 0 saturated carbocycles. The molecule has 0 spiro atoms. The Morgan fingerprint density at radius 2 is 2.11 bits per heavy atom. The molecule has 94 valence electrons. The van der Waals surface area contributed by atoms with Crippen molar-refractivity contribution >= 4 is 17.3 Å². The average molecular weight is 246 g/mol. The number of rotatable bonds is 5. The van der Waals surface area contributed by atoms with E-state index in [4.69, 9.17) is 16.1 Å². The Morgan fingerprint density at radius 3 is 2.67 bits per heavy atom. The zero-order valence-corrected chi connectivity index (χ0v) is 9.68. The van der Waals surface area contributed by atoms with Gasteiger partial charge in [0.1, 0.15) is 11.6 Å². The summed E-state index contributed by atoms with van der Waals surface area (Å²) in [5.74, 6) is -0.521. The van der Waals surface area contributed by atoms with Crippen LogP contribution in [0.3, 0.4) is 0 Å². The Balaban J connectivity index is 2.66. The van der Waals surface area contributed by atoms with Crippen LogP contribution in [0.25, 0.3) is 0 Å². The zero-order chi connectivity index (χ0) is 13.4. The number of amides is 1. The van der Waals surface area contributed by atoms with E-state index in [1.807, 2.05) is 0 Å². The van der Waals surface area contributed by atoms with Gasteiger partial charge in [-0.1, -0.05) is 0 Å². The number of hydrogen-bond donors (Lipinski definition) is 4. The fourth-order valence-corrected chi connectivity index (χ4v) is 1.15. The number of nitrogens with one attached hydrogen (secondary N) is 2. The molecule has 0 aliphatic rings. The standard InChI is InChI=1S/C12H14N4O2/c13-7-9(8-15-5-6-17)12(18)16-11-3-1-10(14)2-4-11/h1-4,8,15,17H,5-6,14H2,(H,16,18)/b9-8-. The molecule has 1 rings (SSSR count). The third-order valence-corrected chi connectivity index (χ3v) is 2.04. The smallest absolute Gasteiger partial charge is 0.267 e.